The number of carbonyl (C=O) groups excluding carboxylic acids is 2. The van der Waals surface area contributed by atoms with Gasteiger partial charge < -0.3 is 9.64 Å². The summed E-state index contributed by atoms with van der Waals surface area (Å²) in [4.78, 5) is 26.3. The predicted molar refractivity (Wildman–Crippen MR) is 83.6 cm³/mol. The van der Waals surface area contributed by atoms with Crippen LogP contribution in [0.15, 0.2) is 24.3 Å². The second-order valence-electron chi connectivity index (χ2n) is 5.74. The van der Waals surface area contributed by atoms with E-state index in [4.69, 9.17) is 4.74 Å². The first-order valence-electron chi connectivity index (χ1n) is 7.44. The molecule has 0 spiro atoms. The summed E-state index contributed by atoms with van der Waals surface area (Å²) in [5.41, 5.74) is 0.588. The third-order valence-corrected chi connectivity index (χ3v) is 5.85. The SMILES string of the molecule is CC1CS(=O)(=O)N(c2cccc(C(=O)N3CCOCC3)c2)C1=O. The van der Waals surface area contributed by atoms with E-state index in [1.165, 1.54) is 12.1 Å². The summed E-state index contributed by atoms with van der Waals surface area (Å²) in [5, 5.41) is 0. The second-order valence-corrected chi connectivity index (χ2v) is 7.60. The Morgan fingerprint density at radius 3 is 2.57 bits per heavy atom. The quantitative estimate of drug-likeness (QED) is 0.783. The van der Waals surface area contributed by atoms with Crippen molar-refractivity contribution < 1.29 is 22.7 Å². The summed E-state index contributed by atoms with van der Waals surface area (Å²) < 4.78 is 30.3. The minimum atomic E-state index is -3.67. The average molecular weight is 338 g/mol. The first kappa shape index (κ1) is 15.9. The Hall–Kier alpha value is -1.93. The van der Waals surface area contributed by atoms with Crippen LogP contribution in [0.2, 0.25) is 0 Å². The maximum Gasteiger partial charge on any atom is 0.254 e. The number of sulfonamides is 1. The van der Waals surface area contributed by atoms with Gasteiger partial charge in [0.25, 0.3) is 5.91 Å². The lowest BCUT2D eigenvalue weighted by atomic mass is 10.1. The molecule has 8 heteroatoms. The molecule has 2 heterocycles. The van der Waals surface area contributed by atoms with Gasteiger partial charge in [-0.15, -0.1) is 0 Å². The summed E-state index contributed by atoms with van der Waals surface area (Å²) in [6.07, 6.45) is 0. The molecule has 2 aliphatic heterocycles. The molecule has 0 bridgehead atoms. The van der Waals surface area contributed by atoms with Crippen molar-refractivity contribution in [2.75, 3.05) is 36.4 Å². The second kappa shape index (κ2) is 5.93. The van der Waals surface area contributed by atoms with E-state index in [-0.39, 0.29) is 17.3 Å². The number of ether oxygens (including phenoxy) is 1. The van der Waals surface area contributed by atoms with Gasteiger partial charge in [0, 0.05) is 18.7 Å². The number of nitrogens with zero attached hydrogens (tertiary/aromatic N) is 2. The molecule has 124 valence electrons. The standard InChI is InChI=1S/C15H18N2O5S/c1-11-10-23(20,21)17(14(11)18)13-4-2-3-12(9-13)15(19)16-5-7-22-8-6-16/h2-4,9,11H,5-8,10H2,1H3. The number of anilines is 1. The van der Waals surface area contributed by atoms with E-state index < -0.39 is 21.8 Å². The maximum absolute atomic E-state index is 12.5. The summed E-state index contributed by atoms with van der Waals surface area (Å²) in [7, 11) is -3.67. The molecule has 1 atom stereocenters. The van der Waals surface area contributed by atoms with Gasteiger partial charge in [-0.25, -0.2) is 12.7 Å². The van der Waals surface area contributed by atoms with Crippen LogP contribution in [0.25, 0.3) is 0 Å². The van der Waals surface area contributed by atoms with E-state index >= 15 is 0 Å². The first-order chi connectivity index (χ1) is 10.9. The third kappa shape index (κ3) is 2.96. The van der Waals surface area contributed by atoms with E-state index in [0.29, 0.717) is 31.9 Å². The molecule has 2 fully saturated rings. The van der Waals surface area contributed by atoms with Crippen molar-refractivity contribution in [3.8, 4) is 0 Å². The van der Waals surface area contributed by atoms with Crippen LogP contribution in [0, 0.1) is 5.92 Å². The molecule has 1 aromatic carbocycles. The van der Waals surface area contributed by atoms with Gasteiger partial charge in [-0.05, 0) is 18.2 Å². The summed E-state index contributed by atoms with van der Waals surface area (Å²) in [6, 6.07) is 6.21. The van der Waals surface area contributed by atoms with Crippen molar-refractivity contribution >= 4 is 27.5 Å². The van der Waals surface area contributed by atoms with Crippen LogP contribution in [0.4, 0.5) is 5.69 Å². The van der Waals surface area contributed by atoms with Crippen LogP contribution in [0.1, 0.15) is 17.3 Å². The molecular weight excluding hydrogens is 320 g/mol. The van der Waals surface area contributed by atoms with Gasteiger partial charge in [0.15, 0.2) is 0 Å². The Balaban J connectivity index is 1.91. The molecule has 1 aromatic rings. The van der Waals surface area contributed by atoms with Crippen LogP contribution >= 0.6 is 0 Å². The molecule has 2 amide bonds. The van der Waals surface area contributed by atoms with E-state index in [1.54, 1.807) is 24.0 Å². The molecule has 2 aliphatic rings. The smallest absolute Gasteiger partial charge is 0.254 e. The van der Waals surface area contributed by atoms with Crippen molar-refractivity contribution in [1.82, 2.24) is 4.90 Å². The molecule has 0 N–H and O–H groups in total. The molecular formula is C15H18N2O5S. The number of morpholine rings is 1. The Morgan fingerprint density at radius 1 is 1.26 bits per heavy atom. The van der Waals surface area contributed by atoms with Crippen LogP contribution in [0.3, 0.4) is 0 Å². The number of amides is 2. The largest absolute Gasteiger partial charge is 0.378 e. The molecule has 0 aliphatic carbocycles. The minimum absolute atomic E-state index is 0.188. The highest BCUT2D eigenvalue weighted by molar-refractivity contribution is 7.94. The average Bonchev–Trinajstić information content (AvgIpc) is 2.75. The Morgan fingerprint density at radius 2 is 1.96 bits per heavy atom. The lowest BCUT2D eigenvalue weighted by Crippen LogP contribution is -2.40. The molecule has 0 saturated carbocycles. The van der Waals surface area contributed by atoms with Crippen LogP contribution < -0.4 is 4.31 Å². The van der Waals surface area contributed by atoms with E-state index in [9.17, 15) is 18.0 Å². The number of hydrogen-bond acceptors (Lipinski definition) is 5. The van der Waals surface area contributed by atoms with Gasteiger partial charge >= 0.3 is 0 Å². The highest BCUT2D eigenvalue weighted by atomic mass is 32.2. The monoisotopic (exact) mass is 338 g/mol. The van der Waals surface area contributed by atoms with Gasteiger partial charge in [-0.1, -0.05) is 13.0 Å². The van der Waals surface area contributed by atoms with Gasteiger partial charge in [-0.3, -0.25) is 9.59 Å². The Labute approximate surface area is 134 Å². The van der Waals surface area contributed by atoms with Crippen LogP contribution in [-0.2, 0) is 19.6 Å². The van der Waals surface area contributed by atoms with Crippen LogP contribution in [0.5, 0.6) is 0 Å². The minimum Gasteiger partial charge on any atom is -0.378 e. The summed E-state index contributed by atoms with van der Waals surface area (Å²) >= 11 is 0. The van der Waals surface area contributed by atoms with Crippen molar-refractivity contribution in [2.45, 2.75) is 6.92 Å². The molecule has 2 saturated heterocycles. The van der Waals surface area contributed by atoms with Crippen molar-refractivity contribution in [3.05, 3.63) is 29.8 Å². The molecule has 7 nitrogen and oxygen atoms in total. The molecule has 0 aromatic heterocycles. The van der Waals surface area contributed by atoms with Gasteiger partial charge in [0.2, 0.25) is 15.9 Å². The highest BCUT2D eigenvalue weighted by Gasteiger charge is 2.42. The van der Waals surface area contributed by atoms with Crippen molar-refractivity contribution in [1.29, 1.82) is 0 Å². The van der Waals surface area contributed by atoms with Gasteiger partial charge in [0.1, 0.15) is 0 Å². The zero-order valence-corrected chi connectivity index (χ0v) is 13.6. The van der Waals surface area contributed by atoms with Gasteiger partial charge in [0.05, 0.1) is 30.6 Å². The highest BCUT2D eigenvalue weighted by Crippen LogP contribution is 2.29. The van der Waals surface area contributed by atoms with E-state index in [1.807, 2.05) is 0 Å². The summed E-state index contributed by atoms with van der Waals surface area (Å²) in [6.45, 7) is 3.56. The van der Waals surface area contributed by atoms with Crippen LogP contribution in [-0.4, -0.2) is 57.2 Å². The van der Waals surface area contributed by atoms with Crippen molar-refractivity contribution in [2.24, 2.45) is 5.92 Å². The van der Waals surface area contributed by atoms with Crippen molar-refractivity contribution in [3.63, 3.8) is 0 Å². The predicted octanol–water partition coefficient (Wildman–Crippen LogP) is 0.472. The zero-order chi connectivity index (χ0) is 16.6. The number of hydrogen-bond donors (Lipinski definition) is 0. The van der Waals surface area contributed by atoms with E-state index in [0.717, 1.165) is 4.31 Å². The lowest BCUT2D eigenvalue weighted by molar-refractivity contribution is -0.119. The molecule has 0 radical (unpaired) electrons. The zero-order valence-electron chi connectivity index (χ0n) is 12.8. The fraction of sp³-hybridized carbons (Fsp3) is 0.467. The molecule has 1 unspecified atom stereocenters. The maximum atomic E-state index is 12.5. The van der Waals surface area contributed by atoms with Gasteiger partial charge in [-0.2, -0.15) is 0 Å². The normalized spacial score (nSPS) is 24.0. The number of carbonyl (C=O) groups is 2. The number of benzene rings is 1. The number of rotatable bonds is 2. The third-order valence-electron chi connectivity index (χ3n) is 3.99. The lowest BCUT2D eigenvalue weighted by Gasteiger charge is -2.27. The summed E-state index contributed by atoms with van der Waals surface area (Å²) in [5.74, 6) is -1.42. The molecule has 23 heavy (non-hydrogen) atoms. The Kier molecular flexibility index (Phi) is 4.11. The fourth-order valence-electron chi connectivity index (χ4n) is 2.80. The Bertz CT molecular complexity index is 740. The first-order valence-corrected chi connectivity index (χ1v) is 9.05. The topological polar surface area (TPSA) is 84.0 Å². The molecule has 3 rings (SSSR count). The fourth-order valence-corrected chi connectivity index (χ4v) is 4.61. The van der Waals surface area contributed by atoms with E-state index in [2.05, 4.69) is 0 Å².